The van der Waals surface area contributed by atoms with Gasteiger partial charge < -0.3 is 0 Å². The summed E-state index contributed by atoms with van der Waals surface area (Å²) in [5.74, 6) is 0.726. The van der Waals surface area contributed by atoms with Crippen LogP contribution in [0, 0.1) is 0 Å². The number of hydrogen-bond acceptors (Lipinski definition) is 2. The third-order valence-corrected chi connectivity index (χ3v) is 5.20. The Hall–Kier alpha value is -3.04. The van der Waals surface area contributed by atoms with Crippen molar-refractivity contribution < 1.29 is 0 Å². The molecule has 1 heterocycles. The highest BCUT2D eigenvalue weighted by Gasteiger charge is 2.12. The molecule has 0 atom stereocenters. The number of rotatable bonds is 2. The second-order valence-electron chi connectivity index (χ2n) is 6.45. The average Bonchev–Trinajstić information content (AvgIpc) is 2.72. The molecule has 0 radical (unpaired) electrons. The first-order valence-corrected chi connectivity index (χ1v) is 9.60. The molecule has 0 bridgehead atoms. The molecule has 5 rings (SSSR count). The standard InChI is InChI=1S/C24H15BrN2/c25-23-15-22(20-13-5-9-16-7-1-3-11-18(16)20)26-24(27-23)21-14-6-10-17-8-2-4-12-19(17)21/h1-15H. The summed E-state index contributed by atoms with van der Waals surface area (Å²) in [7, 11) is 0. The Morgan fingerprint density at radius 2 is 1.11 bits per heavy atom. The molecule has 0 N–H and O–H groups in total. The Balaban J connectivity index is 1.76. The van der Waals surface area contributed by atoms with Gasteiger partial charge in [0.15, 0.2) is 5.82 Å². The van der Waals surface area contributed by atoms with Crippen molar-refractivity contribution in [3.63, 3.8) is 0 Å². The second kappa shape index (κ2) is 6.60. The second-order valence-corrected chi connectivity index (χ2v) is 7.27. The van der Waals surface area contributed by atoms with Gasteiger partial charge in [0.05, 0.1) is 5.69 Å². The molecule has 0 aliphatic carbocycles. The third kappa shape index (κ3) is 2.90. The van der Waals surface area contributed by atoms with E-state index in [0.717, 1.165) is 32.6 Å². The van der Waals surface area contributed by atoms with Crippen LogP contribution in [0.25, 0.3) is 44.2 Å². The topological polar surface area (TPSA) is 25.8 Å². The molecule has 0 aliphatic heterocycles. The molecule has 0 amide bonds. The number of aromatic nitrogens is 2. The minimum absolute atomic E-state index is 0.726. The van der Waals surface area contributed by atoms with Gasteiger partial charge in [-0.1, -0.05) is 84.9 Å². The largest absolute Gasteiger partial charge is 0.228 e. The van der Waals surface area contributed by atoms with Gasteiger partial charge >= 0.3 is 0 Å². The van der Waals surface area contributed by atoms with E-state index in [1.54, 1.807) is 0 Å². The first kappa shape index (κ1) is 16.2. The SMILES string of the molecule is Brc1cc(-c2cccc3ccccc23)nc(-c2cccc3ccccc23)n1. The molecule has 0 fully saturated rings. The van der Waals surface area contributed by atoms with E-state index in [9.17, 15) is 0 Å². The number of nitrogens with zero attached hydrogens (tertiary/aromatic N) is 2. The van der Waals surface area contributed by atoms with Crippen molar-refractivity contribution in [1.29, 1.82) is 0 Å². The Morgan fingerprint density at radius 1 is 0.556 bits per heavy atom. The normalized spacial score (nSPS) is 11.1. The summed E-state index contributed by atoms with van der Waals surface area (Å²) in [6.07, 6.45) is 0. The molecule has 0 spiro atoms. The maximum Gasteiger partial charge on any atom is 0.161 e. The lowest BCUT2D eigenvalue weighted by atomic mass is 10.0. The van der Waals surface area contributed by atoms with Crippen LogP contribution in [0.15, 0.2) is 95.6 Å². The van der Waals surface area contributed by atoms with E-state index < -0.39 is 0 Å². The molecule has 0 aliphatic rings. The minimum atomic E-state index is 0.726. The van der Waals surface area contributed by atoms with Gasteiger partial charge in [-0.05, 0) is 43.5 Å². The molecule has 2 nitrogen and oxygen atoms in total. The van der Waals surface area contributed by atoms with Crippen molar-refractivity contribution in [1.82, 2.24) is 9.97 Å². The predicted octanol–water partition coefficient (Wildman–Crippen LogP) is 6.88. The van der Waals surface area contributed by atoms with Gasteiger partial charge in [-0.15, -0.1) is 0 Å². The highest BCUT2D eigenvalue weighted by molar-refractivity contribution is 9.10. The summed E-state index contributed by atoms with van der Waals surface area (Å²) in [6.45, 7) is 0. The van der Waals surface area contributed by atoms with Crippen LogP contribution in [-0.2, 0) is 0 Å². The van der Waals surface area contributed by atoms with Crippen LogP contribution in [0.3, 0.4) is 0 Å². The first-order chi connectivity index (χ1) is 13.3. The summed E-state index contributed by atoms with van der Waals surface area (Å²) in [6, 6.07) is 31.3. The van der Waals surface area contributed by atoms with Crippen LogP contribution in [0.4, 0.5) is 0 Å². The lowest BCUT2D eigenvalue weighted by Crippen LogP contribution is -1.94. The molecule has 0 saturated heterocycles. The van der Waals surface area contributed by atoms with Crippen LogP contribution >= 0.6 is 15.9 Å². The average molecular weight is 411 g/mol. The van der Waals surface area contributed by atoms with Crippen molar-refractivity contribution in [2.45, 2.75) is 0 Å². The Bertz CT molecular complexity index is 1190. The van der Waals surface area contributed by atoms with Gasteiger partial charge in [0.25, 0.3) is 0 Å². The quantitative estimate of drug-likeness (QED) is 0.296. The van der Waals surface area contributed by atoms with E-state index in [4.69, 9.17) is 4.98 Å². The summed E-state index contributed by atoms with van der Waals surface area (Å²) in [4.78, 5) is 9.60. The lowest BCUT2D eigenvalue weighted by molar-refractivity contribution is 1.16. The molecule has 3 heteroatoms. The zero-order chi connectivity index (χ0) is 18.2. The highest BCUT2D eigenvalue weighted by atomic mass is 79.9. The number of fused-ring (bicyclic) bond motifs is 2. The van der Waals surface area contributed by atoms with Gasteiger partial charge in [0.1, 0.15) is 4.60 Å². The summed E-state index contributed by atoms with van der Waals surface area (Å²) in [5, 5.41) is 4.73. The van der Waals surface area contributed by atoms with E-state index in [-0.39, 0.29) is 0 Å². The van der Waals surface area contributed by atoms with Gasteiger partial charge in [0.2, 0.25) is 0 Å². The van der Waals surface area contributed by atoms with Crippen LogP contribution < -0.4 is 0 Å². The fourth-order valence-electron chi connectivity index (χ4n) is 3.55. The molecule has 5 aromatic rings. The molecule has 128 valence electrons. The summed E-state index contributed by atoms with van der Waals surface area (Å²) in [5.41, 5.74) is 3.06. The van der Waals surface area contributed by atoms with Crippen molar-refractivity contribution >= 4 is 37.5 Å². The Kier molecular flexibility index (Phi) is 3.95. The molecule has 0 unspecified atom stereocenters. The minimum Gasteiger partial charge on any atom is -0.228 e. The van der Waals surface area contributed by atoms with Crippen LogP contribution in [0.5, 0.6) is 0 Å². The van der Waals surface area contributed by atoms with Crippen molar-refractivity contribution in [3.05, 3.63) is 95.6 Å². The zero-order valence-corrected chi connectivity index (χ0v) is 16.0. The van der Waals surface area contributed by atoms with E-state index in [0.29, 0.717) is 0 Å². The van der Waals surface area contributed by atoms with Gasteiger partial charge in [-0.2, -0.15) is 0 Å². The maximum atomic E-state index is 4.93. The number of benzene rings is 4. The molecule has 1 aromatic heterocycles. The molecule has 4 aromatic carbocycles. The maximum absolute atomic E-state index is 4.93. The fraction of sp³-hybridized carbons (Fsp3) is 0. The molecule has 0 saturated carbocycles. The number of halogens is 1. The summed E-state index contributed by atoms with van der Waals surface area (Å²) < 4.78 is 0.781. The molecule has 27 heavy (non-hydrogen) atoms. The van der Waals surface area contributed by atoms with E-state index >= 15 is 0 Å². The highest BCUT2D eigenvalue weighted by Crippen LogP contribution is 2.32. The zero-order valence-electron chi connectivity index (χ0n) is 14.4. The van der Waals surface area contributed by atoms with Crippen molar-refractivity contribution in [2.24, 2.45) is 0 Å². The van der Waals surface area contributed by atoms with Crippen LogP contribution in [-0.4, -0.2) is 9.97 Å². The summed E-state index contributed by atoms with van der Waals surface area (Å²) >= 11 is 3.58. The van der Waals surface area contributed by atoms with E-state index in [2.05, 4.69) is 106 Å². The third-order valence-electron chi connectivity index (χ3n) is 4.79. The fourth-order valence-corrected chi connectivity index (χ4v) is 3.93. The Labute approximate surface area is 165 Å². The van der Waals surface area contributed by atoms with Gasteiger partial charge in [-0.25, -0.2) is 9.97 Å². The van der Waals surface area contributed by atoms with Gasteiger partial charge in [-0.3, -0.25) is 0 Å². The Morgan fingerprint density at radius 3 is 1.81 bits per heavy atom. The van der Waals surface area contributed by atoms with Crippen molar-refractivity contribution in [3.8, 4) is 22.6 Å². The monoisotopic (exact) mass is 410 g/mol. The predicted molar refractivity (Wildman–Crippen MR) is 116 cm³/mol. The molecular weight excluding hydrogens is 396 g/mol. The van der Waals surface area contributed by atoms with E-state index in [1.807, 2.05) is 6.07 Å². The number of hydrogen-bond donors (Lipinski definition) is 0. The van der Waals surface area contributed by atoms with Crippen LogP contribution in [0.2, 0.25) is 0 Å². The smallest absolute Gasteiger partial charge is 0.161 e. The molecular formula is C24H15BrN2. The van der Waals surface area contributed by atoms with Crippen LogP contribution in [0.1, 0.15) is 0 Å². The first-order valence-electron chi connectivity index (χ1n) is 8.80. The van der Waals surface area contributed by atoms with Gasteiger partial charge in [0, 0.05) is 11.1 Å². The van der Waals surface area contributed by atoms with Crippen molar-refractivity contribution in [2.75, 3.05) is 0 Å². The van der Waals surface area contributed by atoms with E-state index in [1.165, 1.54) is 16.2 Å². The lowest BCUT2D eigenvalue weighted by Gasteiger charge is -2.10.